The molecule has 0 saturated carbocycles. The Balaban J connectivity index is 2.73. The highest BCUT2D eigenvalue weighted by Crippen LogP contribution is 2.30. The molecule has 3 nitrogen and oxygen atoms in total. The van der Waals surface area contributed by atoms with E-state index in [-0.39, 0.29) is 11.7 Å². The number of anilines is 1. The second-order valence-corrected chi connectivity index (χ2v) is 4.66. The van der Waals surface area contributed by atoms with Gasteiger partial charge in [-0.15, -0.1) is 13.2 Å². The molecule has 0 spiro atoms. The van der Waals surface area contributed by atoms with Crippen LogP contribution in [-0.4, -0.2) is 19.5 Å². The number of halogens is 3. The Morgan fingerprint density at radius 3 is 2.42 bits per heavy atom. The summed E-state index contributed by atoms with van der Waals surface area (Å²) in [6.45, 7) is 5.04. The summed E-state index contributed by atoms with van der Waals surface area (Å²) in [6, 6.07) is 5.98. The van der Waals surface area contributed by atoms with Crippen molar-refractivity contribution in [2.45, 2.75) is 20.2 Å². The molecule has 0 aliphatic rings. The molecule has 0 amide bonds. The molecule has 3 N–H and O–H groups in total. The quantitative estimate of drug-likeness (QED) is 0.838. The predicted octanol–water partition coefficient (Wildman–Crippen LogP) is 3.23. The second kappa shape index (κ2) is 6.65. The third kappa shape index (κ3) is 5.38. The molecule has 0 heterocycles. The van der Waals surface area contributed by atoms with Crippen LogP contribution in [0.5, 0.6) is 5.75 Å². The zero-order valence-corrected chi connectivity index (χ0v) is 11.0. The first-order valence-corrected chi connectivity index (χ1v) is 6.12. The van der Waals surface area contributed by atoms with Crippen LogP contribution in [0.2, 0.25) is 0 Å². The van der Waals surface area contributed by atoms with Gasteiger partial charge < -0.3 is 15.8 Å². The number of nitrogens with two attached hydrogens (primary N) is 1. The highest BCUT2D eigenvalue weighted by atomic mass is 19.4. The number of hydrogen-bond acceptors (Lipinski definition) is 3. The monoisotopic (exact) mass is 276 g/mol. The SMILES string of the molecule is CC(C)C(CN)CNc1ccccc1OC(F)(F)F. The lowest BCUT2D eigenvalue weighted by atomic mass is 9.96. The number of rotatable bonds is 6. The van der Waals surface area contributed by atoms with Crippen LogP contribution in [0.3, 0.4) is 0 Å². The van der Waals surface area contributed by atoms with Crippen molar-refractivity contribution in [1.82, 2.24) is 0 Å². The summed E-state index contributed by atoms with van der Waals surface area (Å²) < 4.78 is 40.7. The van der Waals surface area contributed by atoms with Gasteiger partial charge in [-0.25, -0.2) is 0 Å². The maximum absolute atomic E-state index is 12.2. The Kier molecular flexibility index (Phi) is 5.47. The summed E-state index contributed by atoms with van der Waals surface area (Å²) in [5.41, 5.74) is 5.94. The molecule has 1 aromatic carbocycles. The van der Waals surface area contributed by atoms with Crippen molar-refractivity contribution in [1.29, 1.82) is 0 Å². The standard InChI is InChI=1S/C13H19F3N2O/c1-9(2)10(7-17)8-18-11-5-3-4-6-12(11)19-13(14,15)16/h3-6,9-10,18H,7-8,17H2,1-2H3. The minimum Gasteiger partial charge on any atom is -0.404 e. The molecule has 1 unspecified atom stereocenters. The van der Waals surface area contributed by atoms with Crippen molar-refractivity contribution in [3.05, 3.63) is 24.3 Å². The summed E-state index contributed by atoms with van der Waals surface area (Å²) in [6.07, 6.45) is -4.69. The largest absolute Gasteiger partial charge is 0.573 e. The first-order valence-electron chi connectivity index (χ1n) is 6.12. The lowest BCUT2D eigenvalue weighted by Gasteiger charge is -2.21. The van der Waals surface area contributed by atoms with Crippen LogP contribution in [0.1, 0.15) is 13.8 Å². The minimum absolute atomic E-state index is 0.193. The van der Waals surface area contributed by atoms with E-state index in [1.165, 1.54) is 12.1 Å². The van der Waals surface area contributed by atoms with E-state index < -0.39 is 6.36 Å². The van der Waals surface area contributed by atoms with Gasteiger partial charge in [-0.2, -0.15) is 0 Å². The van der Waals surface area contributed by atoms with E-state index in [9.17, 15) is 13.2 Å². The second-order valence-electron chi connectivity index (χ2n) is 4.66. The molecule has 108 valence electrons. The third-order valence-corrected chi connectivity index (χ3v) is 2.91. The lowest BCUT2D eigenvalue weighted by molar-refractivity contribution is -0.274. The predicted molar refractivity (Wildman–Crippen MR) is 69.0 cm³/mol. The van der Waals surface area contributed by atoms with E-state index >= 15 is 0 Å². The molecule has 0 radical (unpaired) electrons. The third-order valence-electron chi connectivity index (χ3n) is 2.91. The van der Waals surface area contributed by atoms with Crippen molar-refractivity contribution in [2.75, 3.05) is 18.4 Å². The van der Waals surface area contributed by atoms with E-state index in [1.807, 2.05) is 13.8 Å². The number of para-hydroxylation sites is 2. The van der Waals surface area contributed by atoms with Crippen molar-refractivity contribution in [3.8, 4) is 5.75 Å². The van der Waals surface area contributed by atoms with Crippen LogP contribution in [0.15, 0.2) is 24.3 Å². The Morgan fingerprint density at radius 2 is 1.89 bits per heavy atom. The Labute approximate surface area is 110 Å². The Hall–Kier alpha value is -1.43. The van der Waals surface area contributed by atoms with Gasteiger partial charge in [-0.3, -0.25) is 0 Å². The van der Waals surface area contributed by atoms with Crippen molar-refractivity contribution >= 4 is 5.69 Å². The molecule has 1 aromatic rings. The van der Waals surface area contributed by atoms with Gasteiger partial charge in [0.1, 0.15) is 0 Å². The van der Waals surface area contributed by atoms with Crippen LogP contribution in [-0.2, 0) is 0 Å². The van der Waals surface area contributed by atoms with E-state index in [4.69, 9.17) is 5.73 Å². The van der Waals surface area contributed by atoms with Crippen LogP contribution in [0, 0.1) is 11.8 Å². The molecule has 0 bridgehead atoms. The summed E-state index contributed by atoms with van der Waals surface area (Å²) in [4.78, 5) is 0. The van der Waals surface area contributed by atoms with Gasteiger partial charge >= 0.3 is 6.36 Å². The number of hydrogen-bond donors (Lipinski definition) is 2. The molecule has 0 saturated heterocycles. The van der Waals surface area contributed by atoms with Crippen LogP contribution >= 0.6 is 0 Å². The maximum atomic E-state index is 12.2. The molecule has 0 aromatic heterocycles. The van der Waals surface area contributed by atoms with Crippen LogP contribution in [0.4, 0.5) is 18.9 Å². The van der Waals surface area contributed by atoms with Gasteiger partial charge in [0.25, 0.3) is 0 Å². The molecular formula is C13H19F3N2O. The topological polar surface area (TPSA) is 47.3 Å². The summed E-state index contributed by atoms with van der Waals surface area (Å²) in [5.74, 6) is 0.321. The average molecular weight is 276 g/mol. The summed E-state index contributed by atoms with van der Waals surface area (Å²) >= 11 is 0. The molecule has 0 fully saturated rings. The van der Waals surface area contributed by atoms with Gasteiger partial charge in [0.15, 0.2) is 5.75 Å². The molecular weight excluding hydrogens is 257 g/mol. The Morgan fingerprint density at radius 1 is 1.26 bits per heavy atom. The van der Waals surface area contributed by atoms with E-state index in [0.717, 1.165) is 0 Å². The molecule has 19 heavy (non-hydrogen) atoms. The number of alkyl halides is 3. The number of nitrogens with one attached hydrogen (secondary N) is 1. The van der Waals surface area contributed by atoms with Crippen molar-refractivity contribution < 1.29 is 17.9 Å². The highest BCUT2D eigenvalue weighted by molar-refractivity contribution is 5.56. The number of benzene rings is 1. The first-order chi connectivity index (χ1) is 8.83. The van der Waals surface area contributed by atoms with Crippen LogP contribution in [0.25, 0.3) is 0 Å². The normalized spacial score (nSPS) is 13.4. The molecule has 0 aliphatic heterocycles. The van der Waals surface area contributed by atoms with Gasteiger partial charge in [-0.1, -0.05) is 26.0 Å². The first kappa shape index (κ1) is 15.6. The fraction of sp³-hybridized carbons (Fsp3) is 0.538. The minimum atomic E-state index is -4.69. The molecule has 6 heteroatoms. The highest BCUT2D eigenvalue weighted by Gasteiger charge is 2.32. The smallest absolute Gasteiger partial charge is 0.404 e. The average Bonchev–Trinajstić information content (AvgIpc) is 2.29. The maximum Gasteiger partial charge on any atom is 0.573 e. The fourth-order valence-electron chi connectivity index (χ4n) is 1.66. The molecule has 1 atom stereocenters. The Bertz CT molecular complexity index is 394. The van der Waals surface area contributed by atoms with E-state index in [1.54, 1.807) is 12.1 Å². The molecule has 1 rings (SSSR count). The van der Waals surface area contributed by atoms with E-state index in [0.29, 0.717) is 24.7 Å². The van der Waals surface area contributed by atoms with Gasteiger partial charge in [0.2, 0.25) is 0 Å². The number of ether oxygens (including phenoxy) is 1. The lowest BCUT2D eigenvalue weighted by Crippen LogP contribution is -2.27. The van der Waals surface area contributed by atoms with Crippen molar-refractivity contribution in [3.63, 3.8) is 0 Å². The van der Waals surface area contributed by atoms with Crippen LogP contribution < -0.4 is 15.8 Å². The van der Waals surface area contributed by atoms with Gasteiger partial charge in [0, 0.05) is 6.54 Å². The van der Waals surface area contributed by atoms with E-state index in [2.05, 4.69) is 10.1 Å². The summed E-state index contributed by atoms with van der Waals surface area (Å²) in [5, 5.41) is 2.96. The van der Waals surface area contributed by atoms with Gasteiger partial charge in [-0.05, 0) is 30.5 Å². The fourth-order valence-corrected chi connectivity index (χ4v) is 1.66. The zero-order chi connectivity index (χ0) is 14.5. The molecule has 0 aliphatic carbocycles. The summed E-state index contributed by atoms with van der Waals surface area (Å²) in [7, 11) is 0. The van der Waals surface area contributed by atoms with Crippen molar-refractivity contribution in [2.24, 2.45) is 17.6 Å². The zero-order valence-electron chi connectivity index (χ0n) is 11.0. The van der Waals surface area contributed by atoms with Gasteiger partial charge in [0.05, 0.1) is 5.69 Å².